The molecule has 1 heterocycles. The minimum atomic E-state index is -1.31. The summed E-state index contributed by atoms with van der Waals surface area (Å²) in [6.45, 7) is 2.37. The predicted octanol–water partition coefficient (Wildman–Crippen LogP) is 9.08. The molecule has 5 rings (SSSR count). The van der Waals surface area contributed by atoms with Gasteiger partial charge in [0, 0.05) is 0 Å². The van der Waals surface area contributed by atoms with Crippen molar-refractivity contribution in [1.82, 2.24) is 0 Å². The van der Waals surface area contributed by atoms with Crippen LogP contribution in [0.1, 0.15) is 63.4 Å². The van der Waals surface area contributed by atoms with Gasteiger partial charge in [0.1, 0.15) is 0 Å². The van der Waals surface area contributed by atoms with Crippen LogP contribution >= 0.6 is 0 Å². The van der Waals surface area contributed by atoms with Crippen LogP contribution in [0, 0.1) is 23.5 Å². The van der Waals surface area contributed by atoms with Crippen molar-refractivity contribution < 1.29 is 8.78 Å². The van der Waals surface area contributed by atoms with E-state index in [2.05, 4.69) is 61.5 Å². The van der Waals surface area contributed by atoms with Crippen LogP contribution in [0.2, 0.25) is 18.1 Å². The third-order valence-electron chi connectivity index (χ3n) is 9.18. The molecule has 0 atom stereocenters. The lowest BCUT2D eigenvalue weighted by Gasteiger charge is -2.43. The maximum Gasteiger partial charge on any atom is 0.159 e. The van der Waals surface area contributed by atoms with E-state index in [1.54, 1.807) is 11.3 Å². The van der Waals surface area contributed by atoms with E-state index in [0.29, 0.717) is 5.92 Å². The molecule has 2 fully saturated rings. The van der Waals surface area contributed by atoms with Gasteiger partial charge in [-0.25, -0.2) is 8.78 Å². The van der Waals surface area contributed by atoms with Crippen molar-refractivity contribution in [3.8, 4) is 11.1 Å². The monoisotopic (exact) mass is 488 g/mol. The second kappa shape index (κ2) is 10.8. The van der Waals surface area contributed by atoms with Crippen LogP contribution in [0.25, 0.3) is 11.1 Å². The highest BCUT2D eigenvalue weighted by molar-refractivity contribution is 6.92. The first-order chi connectivity index (χ1) is 17.1. The molecule has 3 heteroatoms. The van der Waals surface area contributed by atoms with Crippen LogP contribution in [0.5, 0.6) is 0 Å². The molecule has 0 N–H and O–H groups in total. The first kappa shape index (κ1) is 24.4. The Kier molecular flexibility index (Phi) is 7.53. The number of hydrogen-bond donors (Lipinski definition) is 0. The first-order valence-electron chi connectivity index (χ1n) is 13.7. The molecule has 0 nitrogen and oxygen atoms in total. The van der Waals surface area contributed by atoms with Crippen LogP contribution in [-0.2, 0) is 0 Å². The van der Waals surface area contributed by atoms with Crippen molar-refractivity contribution in [3.63, 3.8) is 0 Å². The molecule has 1 aliphatic heterocycles. The quantitative estimate of drug-likeness (QED) is 0.304. The largest absolute Gasteiger partial charge is 0.204 e. The molecule has 3 aromatic rings. The lowest BCUT2D eigenvalue weighted by atomic mass is 9.72. The highest BCUT2D eigenvalue weighted by Gasteiger charge is 2.40. The van der Waals surface area contributed by atoms with E-state index in [1.165, 1.54) is 80.8 Å². The van der Waals surface area contributed by atoms with Crippen LogP contribution in [0.3, 0.4) is 0 Å². The summed E-state index contributed by atoms with van der Waals surface area (Å²) in [6.07, 6.45) is 9.48. The van der Waals surface area contributed by atoms with Crippen LogP contribution in [0.4, 0.5) is 8.78 Å². The molecule has 1 saturated heterocycles. The van der Waals surface area contributed by atoms with E-state index in [4.69, 9.17) is 0 Å². The number of benzene rings is 3. The molecule has 0 aromatic heterocycles. The number of halogens is 2. The van der Waals surface area contributed by atoms with Gasteiger partial charge in [-0.15, -0.1) is 0 Å². The highest BCUT2D eigenvalue weighted by Crippen LogP contribution is 2.46. The SMILES string of the molecule is CCC[Si@]1(c2ccccc2)CC[C@H](C2CCC(c3ccc(-c4ccc(F)c(F)c4)cc3)CC2)CC1. The molecule has 0 radical (unpaired) electrons. The van der Waals surface area contributed by atoms with Crippen molar-refractivity contribution in [2.75, 3.05) is 0 Å². The van der Waals surface area contributed by atoms with Crippen LogP contribution in [0.15, 0.2) is 72.8 Å². The molecule has 1 saturated carbocycles. The molecular weight excluding hydrogens is 450 g/mol. The molecule has 2 aliphatic rings. The number of hydrogen-bond acceptors (Lipinski definition) is 0. The highest BCUT2D eigenvalue weighted by atomic mass is 28.3. The Balaban J connectivity index is 1.17. The Hall–Kier alpha value is -2.26. The van der Waals surface area contributed by atoms with E-state index >= 15 is 0 Å². The summed E-state index contributed by atoms with van der Waals surface area (Å²) in [5.41, 5.74) is 3.08. The van der Waals surface area contributed by atoms with Gasteiger partial charge in [0.15, 0.2) is 11.6 Å². The van der Waals surface area contributed by atoms with Gasteiger partial charge < -0.3 is 0 Å². The van der Waals surface area contributed by atoms with Gasteiger partial charge >= 0.3 is 0 Å². The fourth-order valence-electron chi connectivity index (χ4n) is 7.16. The molecule has 0 spiro atoms. The smallest absolute Gasteiger partial charge is 0.159 e. The second-order valence-corrected chi connectivity index (χ2v) is 15.7. The maximum absolute atomic E-state index is 13.6. The normalized spacial score (nSPS) is 27.0. The molecule has 0 bridgehead atoms. The molecule has 35 heavy (non-hydrogen) atoms. The van der Waals surface area contributed by atoms with E-state index in [-0.39, 0.29) is 0 Å². The summed E-state index contributed by atoms with van der Waals surface area (Å²) < 4.78 is 26.9. The first-order valence-corrected chi connectivity index (χ1v) is 16.3. The third kappa shape index (κ3) is 5.30. The summed E-state index contributed by atoms with van der Waals surface area (Å²) in [5.74, 6) is 0.876. The van der Waals surface area contributed by atoms with Gasteiger partial charge in [-0.2, -0.15) is 0 Å². The van der Waals surface area contributed by atoms with Gasteiger partial charge in [0.2, 0.25) is 0 Å². The molecule has 0 amide bonds. The van der Waals surface area contributed by atoms with Gasteiger partial charge in [0.25, 0.3) is 0 Å². The van der Waals surface area contributed by atoms with Crippen molar-refractivity contribution in [2.24, 2.45) is 11.8 Å². The summed E-state index contributed by atoms with van der Waals surface area (Å²) in [4.78, 5) is 0. The van der Waals surface area contributed by atoms with Crippen molar-refractivity contribution in [2.45, 2.75) is 75.9 Å². The van der Waals surface area contributed by atoms with E-state index < -0.39 is 19.7 Å². The zero-order chi connectivity index (χ0) is 24.3. The summed E-state index contributed by atoms with van der Waals surface area (Å²) >= 11 is 0. The summed E-state index contributed by atoms with van der Waals surface area (Å²) in [7, 11) is -1.31. The predicted molar refractivity (Wildman–Crippen MR) is 146 cm³/mol. The fourth-order valence-corrected chi connectivity index (χ4v) is 12.5. The number of rotatable bonds is 6. The topological polar surface area (TPSA) is 0 Å². The Labute approximate surface area is 210 Å². The van der Waals surface area contributed by atoms with Gasteiger partial charge in [-0.3, -0.25) is 0 Å². The Bertz CT molecular complexity index is 1090. The maximum atomic E-state index is 13.6. The van der Waals surface area contributed by atoms with Crippen molar-refractivity contribution in [3.05, 3.63) is 90.0 Å². The van der Waals surface area contributed by atoms with E-state index in [0.717, 1.165) is 23.0 Å². The van der Waals surface area contributed by atoms with E-state index in [1.807, 2.05) is 0 Å². The Morgan fingerprint density at radius 2 is 1.31 bits per heavy atom. The van der Waals surface area contributed by atoms with Gasteiger partial charge in [-0.05, 0) is 72.3 Å². The molecule has 184 valence electrons. The fraction of sp³-hybridized carbons (Fsp3) is 0.438. The molecule has 1 aliphatic carbocycles. The zero-order valence-electron chi connectivity index (χ0n) is 21.0. The zero-order valence-corrected chi connectivity index (χ0v) is 22.0. The summed E-state index contributed by atoms with van der Waals surface area (Å²) in [6, 6.07) is 28.6. The van der Waals surface area contributed by atoms with Gasteiger partial charge in [0.05, 0.1) is 8.07 Å². The lowest BCUT2D eigenvalue weighted by molar-refractivity contribution is 0.215. The molecular formula is C32H38F2Si. The van der Waals surface area contributed by atoms with Crippen LogP contribution in [-0.4, -0.2) is 8.07 Å². The average Bonchev–Trinajstić information content (AvgIpc) is 2.92. The standard InChI is InChI=1S/C32H38F2Si/c1-2-20-35(30-6-4-3-5-7-30)21-18-28(19-22-35)26-10-8-24(9-11-26)25-12-14-27(15-13-25)29-16-17-31(33)32(34)23-29/h3-7,12-17,23-24,26,28H,2,8-11,18-22H2,1H3/t24?,26?,28-,35-. The molecule has 3 aromatic carbocycles. The van der Waals surface area contributed by atoms with Crippen LogP contribution < -0.4 is 5.19 Å². The van der Waals surface area contributed by atoms with E-state index in [9.17, 15) is 8.78 Å². The third-order valence-corrected chi connectivity index (χ3v) is 14.7. The second-order valence-electron chi connectivity index (χ2n) is 11.1. The minimum Gasteiger partial charge on any atom is -0.204 e. The minimum absolute atomic E-state index is 0.631. The lowest BCUT2D eigenvalue weighted by Crippen LogP contribution is -2.50. The van der Waals surface area contributed by atoms with Crippen molar-refractivity contribution >= 4 is 13.3 Å². The summed E-state index contributed by atoms with van der Waals surface area (Å²) in [5, 5.41) is 1.70. The molecule has 0 unspecified atom stereocenters. The average molecular weight is 489 g/mol. The van der Waals surface area contributed by atoms with Crippen molar-refractivity contribution in [1.29, 1.82) is 0 Å². The Morgan fingerprint density at radius 1 is 0.686 bits per heavy atom. The van der Waals surface area contributed by atoms with Gasteiger partial charge in [-0.1, -0.05) is 110 Å². The Morgan fingerprint density at radius 3 is 1.94 bits per heavy atom.